The summed E-state index contributed by atoms with van der Waals surface area (Å²) in [5, 5.41) is 3.32. The van der Waals surface area contributed by atoms with Gasteiger partial charge in [0.25, 0.3) is 11.7 Å². The molecule has 0 atom stereocenters. The van der Waals surface area contributed by atoms with Crippen LogP contribution in [0.25, 0.3) is 0 Å². The molecule has 0 bridgehead atoms. The standard InChI is InChI=1S/C18H16ClNO5S/c1-4-25-18(24)14(22)15-9(2)13(10(3)21)17(26-15)20-16(23)11-5-7-12(19)8-6-11/h5-8H,4H2,1-3H3,(H,20,23). The number of Topliss-reactive ketones (excluding diaryl/α,β-unsaturated/α-hetero) is 2. The highest BCUT2D eigenvalue weighted by atomic mass is 35.5. The number of esters is 1. The lowest BCUT2D eigenvalue weighted by Crippen LogP contribution is -2.17. The molecule has 0 aliphatic rings. The lowest BCUT2D eigenvalue weighted by atomic mass is 10.1. The monoisotopic (exact) mass is 393 g/mol. The van der Waals surface area contributed by atoms with E-state index in [-0.39, 0.29) is 27.8 Å². The molecule has 0 spiro atoms. The number of halogens is 1. The van der Waals surface area contributed by atoms with E-state index in [1.807, 2.05) is 0 Å². The van der Waals surface area contributed by atoms with Crippen molar-refractivity contribution < 1.29 is 23.9 Å². The Labute approximate surface area is 159 Å². The minimum absolute atomic E-state index is 0.0642. The molecular weight excluding hydrogens is 378 g/mol. The smallest absolute Gasteiger partial charge is 0.380 e. The van der Waals surface area contributed by atoms with Crippen molar-refractivity contribution in [2.24, 2.45) is 0 Å². The summed E-state index contributed by atoms with van der Waals surface area (Å²) in [7, 11) is 0. The van der Waals surface area contributed by atoms with E-state index in [9.17, 15) is 19.2 Å². The third-order valence-corrected chi connectivity index (χ3v) is 4.96. The van der Waals surface area contributed by atoms with Crippen molar-refractivity contribution in [3.8, 4) is 0 Å². The molecule has 0 saturated heterocycles. The van der Waals surface area contributed by atoms with Crippen molar-refractivity contribution >= 4 is 51.4 Å². The first-order chi connectivity index (χ1) is 12.3. The zero-order chi connectivity index (χ0) is 19.4. The molecular formula is C18H16ClNO5S. The van der Waals surface area contributed by atoms with E-state index in [0.717, 1.165) is 11.3 Å². The van der Waals surface area contributed by atoms with Crippen molar-refractivity contribution in [2.45, 2.75) is 20.8 Å². The number of amides is 1. The lowest BCUT2D eigenvalue weighted by Gasteiger charge is -2.05. The second-order valence-corrected chi connectivity index (χ2v) is 6.78. The molecule has 0 aliphatic heterocycles. The van der Waals surface area contributed by atoms with Crippen LogP contribution >= 0.6 is 22.9 Å². The Morgan fingerprint density at radius 1 is 1.15 bits per heavy atom. The summed E-state index contributed by atoms with van der Waals surface area (Å²) in [6.45, 7) is 4.53. The van der Waals surface area contributed by atoms with Gasteiger partial charge in [0.15, 0.2) is 5.78 Å². The van der Waals surface area contributed by atoms with Crippen LogP contribution < -0.4 is 5.32 Å². The number of benzene rings is 1. The number of thiophene rings is 1. The second-order valence-electron chi connectivity index (χ2n) is 5.33. The van der Waals surface area contributed by atoms with Crippen LogP contribution in [0.5, 0.6) is 0 Å². The van der Waals surface area contributed by atoms with E-state index >= 15 is 0 Å². The quantitative estimate of drug-likeness (QED) is 0.456. The topological polar surface area (TPSA) is 89.5 Å². The van der Waals surface area contributed by atoms with Gasteiger partial charge in [-0.1, -0.05) is 11.6 Å². The van der Waals surface area contributed by atoms with Gasteiger partial charge in [0.2, 0.25) is 0 Å². The summed E-state index contributed by atoms with van der Waals surface area (Å²) < 4.78 is 4.72. The second kappa shape index (κ2) is 8.25. The number of hydrogen-bond donors (Lipinski definition) is 1. The molecule has 8 heteroatoms. The fourth-order valence-corrected chi connectivity index (χ4v) is 3.61. The predicted octanol–water partition coefficient (Wildman–Crippen LogP) is 3.91. The highest BCUT2D eigenvalue weighted by molar-refractivity contribution is 7.19. The summed E-state index contributed by atoms with van der Waals surface area (Å²) in [6.07, 6.45) is 0. The molecule has 0 unspecified atom stereocenters. The number of rotatable bonds is 6. The number of ketones is 2. The van der Waals surface area contributed by atoms with Gasteiger partial charge in [0.1, 0.15) is 5.00 Å². The van der Waals surface area contributed by atoms with Crippen molar-refractivity contribution in [1.82, 2.24) is 0 Å². The van der Waals surface area contributed by atoms with Gasteiger partial charge in [-0.2, -0.15) is 0 Å². The first kappa shape index (κ1) is 19.8. The molecule has 2 rings (SSSR count). The lowest BCUT2D eigenvalue weighted by molar-refractivity contribution is -0.137. The highest BCUT2D eigenvalue weighted by Crippen LogP contribution is 2.34. The van der Waals surface area contributed by atoms with Gasteiger partial charge >= 0.3 is 5.97 Å². The summed E-state index contributed by atoms with van der Waals surface area (Å²) in [4.78, 5) is 48.4. The molecule has 1 aromatic heterocycles. The van der Waals surface area contributed by atoms with Gasteiger partial charge in [-0.05, 0) is 50.6 Å². The Balaban J connectivity index is 2.38. The Morgan fingerprint density at radius 2 is 1.77 bits per heavy atom. The Hall–Kier alpha value is -2.51. The van der Waals surface area contributed by atoms with Crippen LogP contribution in [0, 0.1) is 6.92 Å². The molecule has 1 amide bonds. The van der Waals surface area contributed by atoms with Crippen LogP contribution in [-0.2, 0) is 9.53 Å². The fourth-order valence-electron chi connectivity index (χ4n) is 2.31. The Morgan fingerprint density at radius 3 is 2.31 bits per heavy atom. The van der Waals surface area contributed by atoms with Crippen LogP contribution in [-0.4, -0.2) is 30.0 Å². The minimum Gasteiger partial charge on any atom is -0.460 e. The average molecular weight is 394 g/mol. The predicted molar refractivity (Wildman–Crippen MR) is 99.4 cm³/mol. The third-order valence-electron chi connectivity index (χ3n) is 3.50. The van der Waals surface area contributed by atoms with Crippen LogP contribution in [0.15, 0.2) is 24.3 Å². The van der Waals surface area contributed by atoms with E-state index in [2.05, 4.69) is 5.32 Å². The van der Waals surface area contributed by atoms with E-state index < -0.39 is 17.7 Å². The van der Waals surface area contributed by atoms with E-state index in [4.69, 9.17) is 16.3 Å². The van der Waals surface area contributed by atoms with Crippen molar-refractivity contribution in [3.63, 3.8) is 0 Å². The number of anilines is 1. The van der Waals surface area contributed by atoms with Crippen LogP contribution in [0.3, 0.4) is 0 Å². The van der Waals surface area contributed by atoms with Crippen LogP contribution in [0.2, 0.25) is 5.02 Å². The maximum atomic E-state index is 12.4. The number of nitrogens with one attached hydrogen (secondary N) is 1. The van der Waals surface area contributed by atoms with Gasteiger partial charge in [-0.3, -0.25) is 14.4 Å². The van der Waals surface area contributed by atoms with Crippen molar-refractivity contribution in [3.05, 3.63) is 50.9 Å². The maximum Gasteiger partial charge on any atom is 0.380 e. The molecule has 1 aromatic carbocycles. The molecule has 0 saturated carbocycles. The average Bonchev–Trinajstić information content (AvgIpc) is 2.91. The molecule has 1 N–H and O–H groups in total. The highest BCUT2D eigenvalue weighted by Gasteiger charge is 2.28. The Kier molecular flexibility index (Phi) is 6.28. The van der Waals surface area contributed by atoms with Gasteiger partial charge < -0.3 is 10.1 Å². The van der Waals surface area contributed by atoms with E-state index in [1.54, 1.807) is 26.0 Å². The van der Waals surface area contributed by atoms with Crippen LogP contribution in [0.1, 0.15) is 49.8 Å². The summed E-state index contributed by atoms with van der Waals surface area (Å²) in [5.74, 6) is -2.63. The molecule has 0 fully saturated rings. The number of hydrogen-bond acceptors (Lipinski definition) is 6. The number of carbonyl (C=O) groups is 4. The maximum absolute atomic E-state index is 12.4. The molecule has 136 valence electrons. The molecule has 6 nitrogen and oxygen atoms in total. The summed E-state index contributed by atoms with van der Waals surface area (Å²) >= 11 is 6.68. The van der Waals surface area contributed by atoms with Gasteiger partial charge in [0, 0.05) is 10.6 Å². The molecule has 1 heterocycles. The molecule has 2 aromatic rings. The SMILES string of the molecule is CCOC(=O)C(=O)c1sc(NC(=O)c2ccc(Cl)cc2)c(C(C)=O)c1C. The van der Waals surface area contributed by atoms with Crippen LogP contribution in [0.4, 0.5) is 5.00 Å². The number of ether oxygens (including phenoxy) is 1. The first-order valence-electron chi connectivity index (χ1n) is 7.69. The third kappa shape index (κ3) is 4.17. The zero-order valence-electron chi connectivity index (χ0n) is 14.3. The normalized spacial score (nSPS) is 10.3. The molecule has 0 radical (unpaired) electrons. The largest absolute Gasteiger partial charge is 0.460 e. The summed E-state index contributed by atoms with van der Waals surface area (Å²) in [5.41, 5.74) is 0.880. The minimum atomic E-state index is -0.998. The molecule has 0 aliphatic carbocycles. The summed E-state index contributed by atoms with van der Waals surface area (Å²) in [6, 6.07) is 6.21. The van der Waals surface area contributed by atoms with Crippen molar-refractivity contribution in [1.29, 1.82) is 0 Å². The zero-order valence-corrected chi connectivity index (χ0v) is 15.9. The van der Waals surface area contributed by atoms with Gasteiger partial charge in [-0.25, -0.2) is 4.79 Å². The molecule has 26 heavy (non-hydrogen) atoms. The van der Waals surface area contributed by atoms with Crippen molar-refractivity contribution in [2.75, 3.05) is 11.9 Å². The van der Waals surface area contributed by atoms with E-state index in [0.29, 0.717) is 16.1 Å². The number of carbonyl (C=O) groups excluding carboxylic acids is 4. The first-order valence-corrected chi connectivity index (χ1v) is 8.88. The van der Waals surface area contributed by atoms with Gasteiger partial charge in [-0.15, -0.1) is 11.3 Å². The van der Waals surface area contributed by atoms with E-state index in [1.165, 1.54) is 19.1 Å². The fraction of sp³-hybridized carbons (Fsp3) is 0.222. The van der Waals surface area contributed by atoms with Gasteiger partial charge in [0.05, 0.1) is 17.0 Å². The Bertz CT molecular complexity index is 886.